The molecule has 0 saturated carbocycles. The maximum atomic E-state index is 13.2. The zero-order valence-electron chi connectivity index (χ0n) is 15.6. The zero-order chi connectivity index (χ0) is 20.6. The summed E-state index contributed by atoms with van der Waals surface area (Å²) in [6, 6.07) is 19.4. The Kier molecular flexibility index (Phi) is 4.72. The second-order valence-electron chi connectivity index (χ2n) is 7.00. The first kappa shape index (κ1) is 19.0. The van der Waals surface area contributed by atoms with Crippen molar-refractivity contribution in [2.45, 2.75) is 12.5 Å². The second kappa shape index (κ2) is 7.22. The van der Waals surface area contributed by atoms with Gasteiger partial charge >= 0.3 is 6.03 Å². The third-order valence-electron chi connectivity index (χ3n) is 5.05. The Bertz CT molecular complexity index is 1140. The molecular weight excluding hydrogens is 390 g/mol. The Morgan fingerprint density at radius 3 is 2.52 bits per heavy atom. The van der Waals surface area contributed by atoms with Crippen molar-refractivity contribution in [3.8, 4) is 0 Å². The highest BCUT2D eigenvalue weighted by Gasteiger charge is 2.50. The van der Waals surface area contributed by atoms with Gasteiger partial charge in [0.1, 0.15) is 12.1 Å². The monoisotopic (exact) mass is 407 g/mol. The molecule has 7 heteroatoms. The molecule has 0 aliphatic carbocycles. The van der Waals surface area contributed by atoms with E-state index >= 15 is 0 Å². The van der Waals surface area contributed by atoms with Gasteiger partial charge in [0.05, 0.1) is 10.7 Å². The molecule has 0 bridgehead atoms. The van der Waals surface area contributed by atoms with Crippen molar-refractivity contribution in [1.82, 2.24) is 10.2 Å². The normalized spacial score (nSPS) is 18.8. The first-order chi connectivity index (χ1) is 13.9. The maximum Gasteiger partial charge on any atom is 0.325 e. The largest absolute Gasteiger partial charge is 0.325 e. The number of carbonyl (C=O) groups is 3. The van der Waals surface area contributed by atoms with Crippen LogP contribution in [0.5, 0.6) is 0 Å². The number of nitrogens with one attached hydrogen (secondary N) is 2. The summed E-state index contributed by atoms with van der Waals surface area (Å²) in [5.74, 6) is -0.989. The van der Waals surface area contributed by atoms with Crippen LogP contribution in [0.1, 0.15) is 12.5 Å². The molecule has 0 radical (unpaired) electrons. The lowest BCUT2D eigenvalue weighted by Crippen LogP contribution is -2.42. The fourth-order valence-corrected chi connectivity index (χ4v) is 3.76. The molecule has 1 aliphatic heterocycles. The van der Waals surface area contributed by atoms with Crippen LogP contribution in [0.4, 0.5) is 10.5 Å². The van der Waals surface area contributed by atoms with Crippen LogP contribution in [0.15, 0.2) is 66.7 Å². The van der Waals surface area contributed by atoms with E-state index in [1.165, 1.54) is 0 Å². The zero-order valence-corrected chi connectivity index (χ0v) is 16.4. The summed E-state index contributed by atoms with van der Waals surface area (Å²) >= 11 is 6.05. The molecule has 1 atom stereocenters. The lowest BCUT2D eigenvalue weighted by atomic mass is 9.88. The van der Waals surface area contributed by atoms with Gasteiger partial charge in [0.25, 0.3) is 5.91 Å². The number of nitrogens with zero attached hydrogens (tertiary/aromatic N) is 1. The molecule has 3 aromatic rings. The smallest absolute Gasteiger partial charge is 0.323 e. The third-order valence-corrected chi connectivity index (χ3v) is 5.38. The first-order valence-corrected chi connectivity index (χ1v) is 9.45. The van der Waals surface area contributed by atoms with E-state index in [0.29, 0.717) is 16.3 Å². The second-order valence-corrected chi connectivity index (χ2v) is 7.41. The van der Waals surface area contributed by atoms with Gasteiger partial charge in [-0.3, -0.25) is 14.5 Å². The van der Waals surface area contributed by atoms with E-state index in [0.717, 1.165) is 15.7 Å². The van der Waals surface area contributed by atoms with Gasteiger partial charge in [-0.2, -0.15) is 0 Å². The van der Waals surface area contributed by atoms with E-state index in [9.17, 15) is 14.4 Å². The van der Waals surface area contributed by atoms with Gasteiger partial charge in [-0.05, 0) is 35.4 Å². The fraction of sp³-hybridized carbons (Fsp3) is 0.136. The number of halogens is 1. The third kappa shape index (κ3) is 3.32. The number of anilines is 1. The Hall–Kier alpha value is -3.38. The number of urea groups is 1. The minimum absolute atomic E-state index is 0.374. The summed E-state index contributed by atoms with van der Waals surface area (Å²) in [5.41, 5.74) is -0.159. The van der Waals surface area contributed by atoms with Gasteiger partial charge in [0, 0.05) is 0 Å². The van der Waals surface area contributed by atoms with E-state index < -0.39 is 29.9 Å². The van der Waals surface area contributed by atoms with Gasteiger partial charge in [-0.1, -0.05) is 66.2 Å². The Balaban J connectivity index is 1.60. The number of hydrogen-bond donors (Lipinski definition) is 2. The number of amides is 4. The summed E-state index contributed by atoms with van der Waals surface area (Å²) in [4.78, 5) is 39.1. The molecule has 4 rings (SSSR count). The van der Waals surface area contributed by atoms with Gasteiger partial charge in [0.15, 0.2) is 0 Å². The molecule has 1 heterocycles. The number of hydrogen-bond acceptors (Lipinski definition) is 3. The molecule has 6 nitrogen and oxygen atoms in total. The predicted molar refractivity (Wildman–Crippen MR) is 112 cm³/mol. The average Bonchev–Trinajstić information content (AvgIpc) is 2.93. The summed E-state index contributed by atoms with van der Waals surface area (Å²) in [6.45, 7) is 1.25. The molecule has 146 valence electrons. The van der Waals surface area contributed by atoms with Crippen LogP contribution < -0.4 is 10.6 Å². The predicted octanol–water partition coefficient (Wildman–Crippen LogP) is 3.90. The molecule has 1 fully saturated rings. The summed E-state index contributed by atoms with van der Waals surface area (Å²) < 4.78 is 0. The van der Waals surface area contributed by atoms with E-state index in [1.807, 2.05) is 42.5 Å². The lowest BCUT2D eigenvalue weighted by Gasteiger charge is -2.24. The molecule has 1 aliphatic rings. The van der Waals surface area contributed by atoms with Gasteiger partial charge in [0.2, 0.25) is 5.91 Å². The maximum absolute atomic E-state index is 13.2. The molecule has 0 unspecified atom stereocenters. The highest BCUT2D eigenvalue weighted by atomic mass is 35.5. The molecule has 0 spiro atoms. The van der Waals surface area contributed by atoms with Crippen molar-refractivity contribution >= 4 is 45.9 Å². The van der Waals surface area contributed by atoms with Crippen molar-refractivity contribution < 1.29 is 14.4 Å². The molecular formula is C22H18ClN3O3. The summed E-state index contributed by atoms with van der Waals surface area (Å²) in [5, 5.41) is 7.58. The molecule has 29 heavy (non-hydrogen) atoms. The van der Waals surface area contributed by atoms with E-state index in [-0.39, 0.29) is 0 Å². The van der Waals surface area contributed by atoms with E-state index in [4.69, 9.17) is 11.6 Å². The Morgan fingerprint density at radius 2 is 1.72 bits per heavy atom. The van der Waals surface area contributed by atoms with Gasteiger partial charge in [-0.15, -0.1) is 0 Å². The number of imide groups is 1. The van der Waals surface area contributed by atoms with Gasteiger partial charge in [-0.25, -0.2) is 4.79 Å². The van der Waals surface area contributed by atoms with Crippen molar-refractivity contribution in [3.63, 3.8) is 0 Å². The van der Waals surface area contributed by atoms with E-state index in [2.05, 4.69) is 10.6 Å². The molecule has 1 saturated heterocycles. The quantitative estimate of drug-likeness (QED) is 0.644. The number of benzene rings is 3. The van der Waals surface area contributed by atoms with Crippen molar-refractivity contribution in [2.24, 2.45) is 0 Å². The van der Waals surface area contributed by atoms with Crippen LogP contribution in [0.3, 0.4) is 0 Å². The van der Waals surface area contributed by atoms with Crippen LogP contribution in [0.2, 0.25) is 5.02 Å². The van der Waals surface area contributed by atoms with Gasteiger partial charge < -0.3 is 10.6 Å². The standard InChI is InChI=1S/C22H18ClN3O3/c1-22(16-10-6-8-14-7-2-3-9-15(14)16)20(28)26(21(29)25-22)13-19(27)24-18-12-5-4-11-17(18)23/h2-12H,13H2,1H3,(H,24,27)(H,25,29)/t22-/m1/s1. The minimum Gasteiger partial charge on any atom is -0.323 e. The van der Waals surface area contributed by atoms with Crippen molar-refractivity contribution in [2.75, 3.05) is 11.9 Å². The topological polar surface area (TPSA) is 78.5 Å². The Morgan fingerprint density at radius 1 is 1.03 bits per heavy atom. The van der Waals surface area contributed by atoms with Crippen LogP contribution in [0.25, 0.3) is 10.8 Å². The molecule has 4 amide bonds. The minimum atomic E-state index is -1.26. The number of para-hydroxylation sites is 1. The lowest BCUT2D eigenvalue weighted by molar-refractivity contribution is -0.133. The first-order valence-electron chi connectivity index (χ1n) is 9.07. The van der Waals surface area contributed by atoms with Crippen molar-refractivity contribution in [3.05, 3.63) is 77.3 Å². The highest BCUT2D eigenvalue weighted by Crippen LogP contribution is 2.33. The van der Waals surface area contributed by atoms with Crippen LogP contribution in [0, 0.1) is 0 Å². The Labute approximate surface area is 172 Å². The van der Waals surface area contributed by atoms with Crippen LogP contribution in [-0.2, 0) is 15.1 Å². The van der Waals surface area contributed by atoms with Crippen molar-refractivity contribution in [1.29, 1.82) is 0 Å². The molecule has 2 N–H and O–H groups in total. The van der Waals surface area contributed by atoms with Crippen LogP contribution in [-0.4, -0.2) is 29.3 Å². The number of fused-ring (bicyclic) bond motifs is 1. The molecule has 0 aromatic heterocycles. The van der Waals surface area contributed by atoms with Crippen LogP contribution >= 0.6 is 11.6 Å². The fourth-order valence-electron chi connectivity index (χ4n) is 3.58. The van der Waals surface area contributed by atoms with E-state index in [1.54, 1.807) is 31.2 Å². The SMILES string of the molecule is C[C@]1(c2cccc3ccccc23)NC(=O)N(CC(=O)Nc2ccccc2Cl)C1=O. The molecule has 3 aromatic carbocycles. The average molecular weight is 408 g/mol. The summed E-state index contributed by atoms with van der Waals surface area (Å²) in [6.07, 6.45) is 0. The summed E-state index contributed by atoms with van der Waals surface area (Å²) in [7, 11) is 0. The number of rotatable bonds is 4. The number of carbonyl (C=O) groups excluding carboxylic acids is 3. The highest BCUT2D eigenvalue weighted by molar-refractivity contribution is 6.33.